The third-order valence-electron chi connectivity index (χ3n) is 4.06. The van der Waals surface area contributed by atoms with E-state index in [1.807, 2.05) is 43.4 Å². The topological polar surface area (TPSA) is 28.2 Å². The lowest BCUT2D eigenvalue weighted by molar-refractivity contribution is 0.374. The maximum atomic E-state index is 6.25. The first-order chi connectivity index (χ1) is 10.1. The number of aromatic nitrogens is 1. The lowest BCUT2D eigenvalue weighted by Gasteiger charge is -2.37. The van der Waals surface area contributed by atoms with Crippen molar-refractivity contribution < 1.29 is 0 Å². The van der Waals surface area contributed by atoms with Gasteiger partial charge in [0.2, 0.25) is 0 Å². The Morgan fingerprint density at radius 2 is 1.90 bits per heavy atom. The first kappa shape index (κ1) is 14.2. The van der Waals surface area contributed by atoms with Crippen LogP contribution in [0.5, 0.6) is 0 Å². The summed E-state index contributed by atoms with van der Waals surface area (Å²) in [5, 5.41) is 4.43. The molecule has 110 valence electrons. The second kappa shape index (κ2) is 5.94. The molecule has 1 N–H and O–H groups in total. The van der Waals surface area contributed by atoms with Gasteiger partial charge in [-0.2, -0.15) is 0 Å². The molecule has 4 heteroatoms. The zero-order valence-electron chi connectivity index (χ0n) is 12.4. The zero-order chi connectivity index (χ0) is 14.8. The fraction of sp³-hybridized carbons (Fsp3) is 0.353. The number of benzene rings is 1. The molecule has 1 aliphatic carbocycles. The molecular formula is C17H20ClN3. The van der Waals surface area contributed by atoms with E-state index in [9.17, 15) is 0 Å². The van der Waals surface area contributed by atoms with Crippen molar-refractivity contribution in [1.82, 2.24) is 4.98 Å². The van der Waals surface area contributed by atoms with Crippen LogP contribution in [0.2, 0.25) is 5.02 Å². The zero-order valence-corrected chi connectivity index (χ0v) is 13.1. The maximum Gasteiger partial charge on any atom is 0.128 e. The molecule has 1 heterocycles. The van der Waals surface area contributed by atoms with Crippen LogP contribution < -0.4 is 10.2 Å². The van der Waals surface area contributed by atoms with E-state index in [0.717, 1.165) is 29.4 Å². The fourth-order valence-corrected chi connectivity index (χ4v) is 3.06. The van der Waals surface area contributed by atoms with Crippen LogP contribution in [0.1, 0.15) is 24.3 Å². The molecule has 1 aliphatic rings. The van der Waals surface area contributed by atoms with Gasteiger partial charge in [0.15, 0.2) is 0 Å². The minimum absolute atomic E-state index is 0.512. The molecule has 0 spiro atoms. The largest absolute Gasteiger partial charge is 0.381 e. The van der Waals surface area contributed by atoms with Crippen LogP contribution in [0.4, 0.5) is 11.5 Å². The Bertz CT molecular complexity index is 604. The van der Waals surface area contributed by atoms with Crippen molar-refractivity contribution >= 4 is 23.1 Å². The molecule has 1 aromatic carbocycles. The van der Waals surface area contributed by atoms with Gasteiger partial charge in [-0.3, -0.25) is 0 Å². The fourth-order valence-electron chi connectivity index (χ4n) is 2.77. The highest BCUT2D eigenvalue weighted by atomic mass is 35.5. The number of anilines is 2. The second-order valence-electron chi connectivity index (χ2n) is 5.83. The molecule has 2 aromatic rings. The van der Waals surface area contributed by atoms with Gasteiger partial charge in [-0.1, -0.05) is 29.8 Å². The summed E-state index contributed by atoms with van der Waals surface area (Å²) in [6.45, 7) is 0. The molecule has 0 saturated heterocycles. The van der Waals surface area contributed by atoms with Crippen LogP contribution in [-0.4, -0.2) is 25.1 Å². The third-order valence-corrected chi connectivity index (χ3v) is 4.40. The molecule has 1 saturated carbocycles. The normalized spacial score (nSPS) is 20.7. The van der Waals surface area contributed by atoms with Gasteiger partial charge in [-0.25, -0.2) is 4.98 Å². The van der Waals surface area contributed by atoms with E-state index in [1.165, 1.54) is 5.56 Å². The monoisotopic (exact) mass is 301 g/mol. The van der Waals surface area contributed by atoms with E-state index in [1.54, 1.807) is 0 Å². The van der Waals surface area contributed by atoms with Crippen LogP contribution in [0.25, 0.3) is 0 Å². The molecular weight excluding hydrogens is 282 g/mol. The van der Waals surface area contributed by atoms with Gasteiger partial charge in [0.25, 0.3) is 0 Å². The van der Waals surface area contributed by atoms with Crippen molar-refractivity contribution in [3.05, 3.63) is 53.2 Å². The van der Waals surface area contributed by atoms with Crippen LogP contribution in [-0.2, 0) is 0 Å². The maximum absolute atomic E-state index is 6.25. The van der Waals surface area contributed by atoms with E-state index in [2.05, 4.69) is 28.5 Å². The Morgan fingerprint density at radius 3 is 2.52 bits per heavy atom. The summed E-state index contributed by atoms with van der Waals surface area (Å²) in [6, 6.07) is 12.8. The number of hydrogen-bond acceptors (Lipinski definition) is 3. The Balaban J connectivity index is 1.56. The van der Waals surface area contributed by atoms with Gasteiger partial charge in [0, 0.05) is 25.2 Å². The summed E-state index contributed by atoms with van der Waals surface area (Å²) in [7, 11) is 3.99. The molecule has 21 heavy (non-hydrogen) atoms. The van der Waals surface area contributed by atoms with Gasteiger partial charge in [-0.05, 0) is 42.5 Å². The minimum atomic E-state index is 0.512. The number of nitrogens with one attached hydrogen (secondary N) is 1. The highest BCUT2D eigenvalue weighted by molar-refractivity contribution is 6.31. The summed E-state index contributed by atoms with van der Waals surface area (Å²) >= 11 is 6.25. The summed E-state index contributed by atoms with van der Waals surface area (Å²) in [5.74, 6) is 1.55. The van der Waals surface area contributed by atoms with Crippen molar-refractivity contribution in [2.75, 3.05) is 24.3 Å². The van der Waals surface area contributed by atoms with E-state index < -0.39 is 0 Å². The first-order valence-corrected chi connectivity index (χ1v) is 7.65. The van der Waals surface area contributed by atoms with E-state index in [-0.39, 0.29) is 0 Å². The predicted octanol–water partition coefficient (Wildman–Crippen LogP) is 4.16. The van der Waals surface area contributed by atoms with Crippen molar-refractivity contribution in [3.8, 4) is 0 Å². The van der Waals surface area contributed by atoms with Gasteiger partial charge < -0.3 is 10.2 Å². The van der Waals surface area contributed by atoms with Crippen LogP contribution in [0.15, 0.2) is 42.6 Å². The highest BCUT2D eigenvalue weighted by Gasteiger charge is 2.31. The smallest absolute Gasteiger partial charge is 0.128 e. The van der Waals surface area contributed by atoms with E-state index >= 15 is 0 Å². The van der Waals surface area contributed by atoms with Crippen molar-refractivity contribution in [1.29, 1.82) is 0 Å². The molecule has 0 atom stereocenters. The van der Waals surface area contributed by atoms with Crippen LogP contribution in [0.3, 0.4) is 0 Å². The molecule has 0 amide bonds. The summed E-state index contributed by atoms with van der Waals surface area (Å²) < 4.78 is 0. The molecule has 0 aliphatic heterocycles. The first-order valence-electron chi connectivity index (χ1n) is 7.28. The van der Waals surface area contributed by atoms with Crippen molar-refractivity contribution in [3.63, 3.8) is 0 Å². The molecule has 1 aromatic heterocycles. The third kappa shape index (κ3) is 3.13. The van der Waals surface area contributed by atoms with Crippen LogP contribution >= 0.6 is 11.6 Å². The van der Waals surface area contributed by atoms with E-state index in [0.29, 0.717) is 12.0 Å². The summed E-state index contributed by atoms with van der Waals surface area (Å²) in [6.07, 6.45) is 4.15. The summed E-state index contributed by atoms with van der Waals surface area (Å²) in [4.78, 5) is 6.42. The Hall–Kier alpha value is -1.74. The molecule has 3 nitrogen and oxygen atoms in total. The molecule has 0 bridgehead atoms. The number of hydrogen-bond donors (Lipinski definition) is 1. The Kier molecular flexibility index (Phi) is 4.02. The van der Waals surface area contributed by atoms with Gasteiger partial charge in [0.05, 0.1) is 11.9 Å². The lowest BCUT2D eigenvalue weighted by atomic mass is 9.76. The average molecular weight is 302 g/mol. The average Bonchev–Trinajstić information content (AvgIpc) is 2.44. The Morgan fingerprint density at radius 1 is 1.14 bits per heavy atom. The number of nitrogens with zero attached hydrogens (tertiary/aromatic N) is 2. The van der Waals surface area contributed by atoms with Gasteiger partial charge in [0.1, 0.15) is 5.82 Å². The number of rotatable bonds is 4. The Labute approximate surface area is 131 Å². The van der Waals surface area contributed by atoms with Crippen LogP contribution in [0, 0.1) is 0 Å². The predicted molar refractivity (Wildman–Crippen MR) is 89.4 cm³/mol. The molecule has 1 fully saturated rings. The molecule has 0 unspecified atom stereocenters. The second-order valence-corrected chi connectivity index (χ2v) is 6.24. The number of pyridine rings is 1. The summed E-state index contributed by atoms with van der Waals surface area (Å²) in [5.41, 5.74) is 2.36. The SMILES string of the molecule is CN(C)c1ccc(NC2CC(c3ccccc3Cl)C2)cn1. The lowest BCUT2D eigenvalue weighted by Crippen LogP contribution is -2.34. The van der Waals surface area contributed by atoms with Gasteiger partial charge in [-0.15, -0.1) is 0 Å². The molecule has 0 radical (unpaired) electrons. The van der Waals surface area contributed by atoms with Crippen molar-refractivity contribution in [2.24, 2.45) is 0 Å². The quantitative estimate of drug-likeness (QED) is 0.919. The highest BCUT2D eigenvalue weighted by Crippen LogP contribution is 2.41. The van der Waals surface area contributed by atoms with E-state index in [4.69, 9.17) is 11.6 Å². The van der Waals surface area contributed by atoms with Crippen molar-refractivity contribution in [2.45, 2.75) is 24.8 Å². The van der Waals surface area contributed by atoms with Gasteiger partial charge >= 0.3 is 0 Å². The molecule has 3 rings (SSSR count). The standard InChI is InChI=1S/C17H20ClN3/c1-21(2)17-8-7-13(11-19-17)20-14-9-12(10-14)15-5-3-4-6-16(15)18/h3-8,11-12,14,20H,9-10H2,1-2H3. The minimum Gasteiger partial charge on any atom is -0.381 e. The number of halogens is 1.